The Morgan fingerprint density at radius 1 is 0.246 bits per heavy atom. The number of rotatable bonds is 9. The highest BCUT2D eigenvalue weighted by Gasteiger charge is 2.25. The molecule has 13 rings (SSSR count). The molecule has 0 radical (unpaired) electrons. The number of nitrogens with zero attached hydrogens (tertiary/aromatic N) is 3. The molecule has 2 heterocycles. The molecule has 0 saturated carbocycles. The van der Waals surface area contributed by atoms with Gasteiger partial charge in [0.25, 0.3) is 0 Å². The average molecular weight is 880 g/mol. The van der Waals surface area contributed by atoms with Crippen LogP contribution in [0, 0.1) is 0 Å². The van der Waals surface area contributed by atoms with Gasteiger partial charge in [-0.25, -0.2) is 0 Å². The van der Waals surface area contributed by atoms with E-state index in [1.165, 1.54) is 71.4 Å². The zero-order valence-electron chi connectivity index (χ0n) is 37.8. The van der Waals surface area contributed by atoms with Crippen molar-refractivity contribution in [3.8, 4) is 55.9 Å². The molecule has 3 nitrogen and oxygen atoms in total. The van der Waals surface area contributed by atoms with E-state index in [1.807, 2.05) is 0 Å². The van der Waals surface area contributed by atoms with Crippen molar-refractivity contribution in [3.63, 3.8) is 0 Å². The summed E-state index contributed by atoms with van der Waals surface area (Å²) in [6, 6.07) is 99.2. The van der Waals surface area contributed by atoms with Crippen LogP contribution in [0.25, 0.3) is 99.5 Å². The topological polar surface area (TPSA) is 13.1 Å². The molecule has 0 aliphatic heterocycles. The van der Waals surface area contributed by atoms with Gasteiger partial charge < -0.3 is 14.0 Å². The van der Waals surface area contributed by atoms with Crippen molar-refractivity contribution in [2.24, 2.45) is 0 Å². The van der Waals surface area contributed by atoms with E-state index in [-0.39, 0.29) is 0 Å². The molecule has 0 atom stereocenters. The van der Waals surface area contributed by atoms with Gasteiger partial charge in [0.1, 0.15) is 0 Å². The Balaban J connectivity index is 1.04. The molecule has 13 aromatic rings. The van der Waals surface area contributed by atoms with Gasteiger partial charge in [-0.2, -0.15) is 0 Å². The van der Waals surface area contributed by atoms with Crippen molar-refractivity contribution in [1.82, 2.24) is 9.13 Å². The quantitative estimate of drug-likeness (QED) is 0.141. The minimum atomic E-state index is 1.06. The van der Waals surface area contributed by atoms with Gasteiger partial charge in [0, 0.05) is 38.5 Å². The summed E-state index contributed by atoms with van der Waals surface area (Å²) in [4.78, 5) is 2.47. The van der Waals surface area contributed by atoms with Gasteiger partial charge in [-0.1, -0.05) is 206 Å². The van der Waals surface area contributed by atoms with E-state index in [0.717, 1.165) is 45.1 Å². The minimum absolute atomic E-state index is 1.06. The molecule has 2 aromatic heterocycles. The molecule has 11 aromatic carbocycles. The Morgan fingerprint density at radius 2 is 0.681 bits per heavy atom. The molecule has 69 heavy (non-hydrogen) atoms. The first kappa shape index (κ1) is 40.1. The lowest BCUT2D eigenvalue weighted by molar-refractivity contribution is 1.15. The van der Waals surface area contributed by atoms with E-state index in [1.54, 1.807) is 0 Å². The summed E-state index contributed by atoms with van der Waals surface area (Å²) >= 11 is 0. The molecule has 3 heteroatoms. The molecule has 0 bridgehead atoms. The van der Waals surface area contributed by atoms with Gasteiger partial charge >= 0.3 is 0 Å². The monoisotopic (exact) mass is 879 g/mol. The molecule has 0 saturated heterocycles. The first-order valence-electron chi connectivity index (χ1n) is 23.7. The van der Waals surface area contributed by atoms with Crippen molar-refractivity contribution >= 4 is 60.7 Å². The number of hydrogen-bond donors (Lipinski definition) is 0. The molecule has 0 spiro atoms. The lowest BCUT2D eigenvalue weighted by atomic mass is 9.88. The van der Waals surface area contributed by atoms with Crippen LogP contribution in [0.5, 0.6) is 0 Å². The molecule has 0 N–H and O–H groups in total. The van der Waals surface area contributed by atoms with E-state index >= 15 is 0 Å². The number of hydrogen-bond acceptors (Lipinski definition) is 1. The Bertz CT molecular complexity index is 3960. The SMILES string of the molecule is c1ccc(-c2ccccc2-c2ccccc2-c2ccccc2N(c2ccc(-c3cccc4c3c3ccccc3n4-c3ccccc3)cc2)c2ccccc2-n2c3ccccc3c3ccccc32)cc1. The van der Waals surface area contributed by atoms with Crippen LogP contribution in [-0.4, -0.2) is 9.13 Å². The predicted octanol–water partition coefficient (Wildman–Crippen LogP) is 18.0. The van der Waals surface area contributed by atoms with Gasteiger partial charge in [-0.15, -0.1) is 0 Å². The Kier molecular flexibility index (Phi) is 9.84. The van der Waals surface area contributed by atoms with E-state index in [2.05, 4.69) is 287 Å². The first-order chi connectivity index (χ1) is 34.3. The number of fused-ring (bicyclic) bond motifs is 6. The fourth-order valence-electron chi connectivity index (χ4n) is 10.8. The van der Waals surface area contributed by atoms with Crippen molar-refractivity contribution < 1.29 is 0 Å². The maximum atomic E-state index is 2.47. The van der Waals surface area contributed by atoms with Gasteiger partial charge in [0.15, 0.2) is 0 Å². The third kappa shape index (κ3) is 6.74. The van der Waals surface area contributed by atoms with E-state index < -0.39 is 0 Å². The lowest BCUT2D eigenvalue weighted by Crippen LogP contribution is -2.14. The standard InChI is InChI=1S/C66H45N3/c1-3-22-46(23-4-1)50-26-7-8-27-52(50)53-28-9-10-29-54(53)55-30-11-15-35-59(55)67(63-39-19-20-40-64(63)69-60-36-16-12-31-56(60)57-32-13-17-37-61(57)69)49-44-42-47(43-45-49)51-34-21-41-65-66(51)58-33-14-18-38-62(58)68(65)48-24-5-2-6-25-48/h1-45H. The minimum Gasteiger partial charge on any atom is -0.309 e. The smallest absolute Gasteiger partial charge is 0.0702 e. The second-order valence-electron chi connectivity index (χ2n) is 17.6. The maximum absolute atomic E-state index is 2.47. The summed E-state index contributed by atoms with van der Waals surface area (Å²) in [5.41, 5.74) is 19.6. The van der Waals surface area contributed by atoms with Crippen LogP contribution >= 0.6 is 0 Å². The zero-order valence-corrected chi connectivity index (χ0v) is 37.8. The third-order valence-electron chi connectivity index (χ3n) is 13.8. The second kappa shape index (κ2) is 16.9. The lowest BCUT2D eigenvalue weighted by Gasteiger charge is -2.31. The van der Waals surface area contributed by atoms with Crippen molar-refractivity contribution in [2.75, 3.05) is 4.90 Å². The van der Waals surface area contributed by atoms with Gasteiger partial charge in [0.05, 0.1) is 39.1 Å². The summed E-state index contributed by atoms with van der Waals surface area (Å²) in [7, 11) is 0. The Morgan fingerprint density at radius 3 is 1.35 bits per heavy atom. The molecule has 0 unspecified atom stereocenters. The van der Waals surface area contributed by atoms with Crippen LogP contribution in [0.1, 0.15) is 0 Å². The number of aromatic nitrogens is 2. The summed E-state index contributed by atoms with van der Waals surface area (Å²) in [6.45, 7) is 0. The maximum Gasteiger partial charge on any atom is 0.0702 e. The van der Waals surface area contributed by atoms with Gasteiger partial charge in [-0.3, -0.25) is 0 Å². The van der Waals surface area contributed by atoms with E-state index in [0.29, 0.717) is 0 Å². The van der Waals surface area contributed by atoms with Crippen LogP contribution in [0.15, 0.2) is 273 Å². The average Bonchev–Trinajstić information content (AvgIpc) is 3.95. The fourth-order valence-corrected chi connectivity index (χ4v) is 10.8. The summed E-state index contributed by atoms with van der Waals surface area (Å²) < 4.78 is 4.83. The summed E-state index contributed by atoms with van der Waals surface area (Å²) in [6.07, 6.45) is 0. The normalized spacial score (nSPS) is 11.5. The molecule has 0 aliphatic carbocycles. The second-order valence-corrected chi connectivity index (χ2v) is 17.6. The summed E-state index contributed by atoms with van der Waals surface area (Å²) in [5, 5.41) is 4.94. The van der Waals surface area contributed by atoms with Crippen molar-refractivity contribution in [1.29, 1.82) is 0 Å². The van der Waals surface area contributed by atoms with Gasteiger partial charge in [0.2, 0.25) is 0 Å². The van der Waals surface area contributed by atoms with Crippen LogP contribution < -0.4 is 4.90 Å². The molecule has 0 aliphatic rings. The van der Waals surface area contributed by atoms with E-state index in [9.17, 15) is 0 Å². The first-order valence-corrected chi connectivity index (χ1v) is 23.7. The Labute approximate surface area is 401 Å². The third-order valence-corrected chi connectivity index (χ3v) is 13.8. The number of benzene rings is 11. The summed E-state index contributed by atoms with van der Waals surface area (Å²) in [5.74, 6) is 0. The van der Waals surface area contributed by atoms with Crippen LogP contribution in [-0.2, 0) is 0 Å². The van der Waals surface area contributed by atoms with Gasteiger partial charge in [-0.05, 0) is 106 Å². The zero-order chi connectivity index (χ0) is 45.7. The molecule has 0 fully saturated rings. The van der Waals surface area contributed by atoms with E-state index in [4.69, 9.17) is 0 Å². The highest BCUT2D eigenvalue weighted by molar-refractivity contribution is 6.16. The Hall–Kier alpha value is -9.18. The number of anilines is 3. The van der Waals surface area contributed by atoms with Crippen molar-refractivity contribution in [3.05, 3.63) is 273 Å². The molecular formula is C66H45N3. The van der Waals surface area contributed by atoms with Crippen LogP contribution in [0.4, 0.5) is 17.1 Å². The fraction of sp³-hybridized carbons (Fsp3) is 0. The largest absolute Gasteiger partial charge is 0.309 e. The molecular weight excluding hydrogens is 835 g/mol. The number of para-hydroxylation sites is 7. The molecule has 0 amide bonds. The van der Waals surface area contributed by atoms with Crippen LogP contribution in [0.3, 0.4) is 0 Å². The van der Waals surface area contributed by atoms with Crippen molar-refractivity contribution in [2.45, 2.75) is 0 Å². The van der Waals surface area contributed by atoms with Crippen LogP contribution in [0.2, 0.25) is 0 Å². The highest BCUT2D eigenvalue weighted by Crippen LogP contribution is 2.48. The molecule has 324 valence electrons. The highest BCUT2D eigenvalue weighted by atomic mass is 15.2. The predicted molar refractivity (Wildman–Crippen MR) is 292 cm³/mol.